The van der Waals surface area contributed by atoms with E-state index in [0.29, 0.717) is 17.7 Å². The topological polar surface area (TPSA) is 131 Å². The number of nitrogens with zero attached hydrogens (tertiary/aromatic N) is 1. The lowest BCUT2D eigenvalue weighted by atomic mass is 9.95. The average Bonchev–Trinajstić information content (AvgIpc) is 2.92. The third-order valence-electron chi connectivity index (χ3n) is 7.02. The molecule has 0 spiro atoms. The maximum Gasteiger partial charge on any atom is 0.408 e. The summed E-state index contributed by atoms with van der Waals surface area (Å²) in [6.07, 6.45) is -0.458. The van der Waals surface area contributed by atoms with Crippen LogP contribution in [0.1, 0.15) is 71.0 Å². The summed E-state index contributed by atoms with van der Waals surface area (Å²) in [5, 5.41) is 7.64. The Morgan fingerprint density at radius 3 is 2.21 bits per heavy atom. The van der Waals surface area contributed by atoms with Crippen LogP contribution in [0.3, 0.4) is 0 Å². The van der Waals surface area contributed by atoms with Gasteiger partial charge in [0.05, 0.1) is 0 Å². The van der Waals surface area contributed by atoms with Gasteiger partial charge in [0.25, 0.3) is 5.91 Å². The van der Waals surface area contributed by atoms with E-state index in [9.17, 15) is 19.2 Å². The van der Waals surface area contributed by atoms with E-state index in [-0.39, 0.29) is 12.8 Å². The first-order valence-corrected chi connectivity index (χ1v) is 14.3. The van der Waals surface area contributed by atoms with E-state index in [2.05, 4.69) is 10.6 Å². The molecule has 9 heteroatoms. The fraction of sp³-hybridized carbons (Fsp3) is 0.394. The molecule has 0 saturated heterocycles. The van der Waals surface area contributed by atoms with Crippen LogP contribution in [-0.4, -0.2) is 46.4 Å². The summed E-state index contributed by atoms with van der Waals surface area (Å²) in [5.41, 5.74) is 6.67. The van der Waals surface area contributed by atoms with Gasteiger partial charge in [0.15, 0.2) is 0 Å². The van der Waals surface area contributed by atoms with E-state index in [4.69, 9.17) is 10.5 Å². The lowest BCUT2D eigenvalue weighted by Gasteiger charge is -2.38. The summed E-state index contributed by atoms with van der Waals surface area (Å²) in [6.45, 7) is 10.8. The molecule has 42 heavy (non-hydrogen) atoms. The van der Waals surface area contributed by atoms with E-state index in [1.165, 1.54) is 4.90 Å². The molecule has 0 heterocycles. The number of amides is 4. The molecule has 0 bridgehead atoms. The minimum atomic E-state index is -1.15. The number of fused-ring (bicyclic) bond motifs is 1. The fourth-order valence-corrected chi connectivity index (χ4v) is 4.76. The Balaban J connectivity index is 2.06. The summed E-state index contributed by atoms with van der Waals surface area (Å²) in [5.74, 6) is -1.53. The number of ether oxygens (including phenoxy) is 1. The van der Waals surface area contributed by atoms with Crippen molar-refractivity contribution in [1.29, 1.82) is 0 Å². The number of nitrogens with one attached hydrogen (secondary N) is 2. The molecule has 4 amide bonds. The minimum Gasteiger partial charge on any atom is -0.444 e. The van der Waals surface area contributed by atoms with Crippen LogP contribution in [0.15, 0.2) is 66.7 Å². The second kappa shape index (κ2) is 14.0. The number of rotatable bonds is 11. The Labute approximate surface area is 247 Å². The van der Waals surface area contributed by atoms with E-state index >= 15 is 0 Å². The Kier molecular flexibility index (Phi) is 10.7. The molecule has 0 aliphatic rings. The molecule has 4 N–H and O–H groups in total. The number of nitrogens with two attached hydrogens (primary N) is 1. The van der Waals surface area contributed by atoms with Gasteiger partial charge in [-0.1, -0.05) is 61.5 Å². The molecule has 0 aliphatic carbocycles. The van der Waals surface area contributed by atoms with Crippen LogP contribution < -0.4 is 16.4 Å². The summed E-state index contributed by atoms with van der Waals surface area (Å²) in [4.78, 5) is 54.5. The van der Waals surface area contributed by atoms with Crippen molar-refractivity contribution >= 4 is 40.3 Å². The van der Waals surface area contributed by atoms with Gasteiger partial charge >= 0.3 is 6.09 Å². The predicted molar refractivity (Wildman–Crippen MR) is 165 cm³/mol. The predicted octanol–water partition coefficient (Wildman–Crippen LogP) is 5.61. The molecule has 224 valence electrons. The molecule has 9 nitrogen and oxygen atoms in total. The van der Waals surface area contributed by atoms with Gasteiger partial charge in [0, 0.05) is 18.2 Å². The molecule has 0 aromatic heterocycles. The van der Waals surface area contributed by atoms with E-state index in [1.807, 2.05) is 87.5 Å². The van der Waals surface area contributed by atoms with E-state index < -0.39 is 47.5 Å². The van der Waals surface area contributed by atoms with Crippen molar-refractivity contribution in [3.63, 3.8) is 0 Å². The van der Waals surface area contributed by atoms with Crippen LogP contribution in [0.25, 0.3) is 10.8 Å². The van der Waals surface area contributed by atoms with Crippen LogP contribution in [0.4, 0.5) is 10.5 Å². The van der Waals surface area contributed by atoms with Crippen LogP contribution in [-0.2, 0) is 19.1 Å². The summed E-state index contributed by atoms with van der Waals surface area (Å²) in [6, 6.07) is 18.3. The molecule has 3 aromatic rings. The van der Waals surface area contributed by atoms with Crippen LogP contribution >= 0.6 is 0 Å². The van der Waals surface area contributed by atoms with Gasteiger partial charge in [0.1, 0.15) is 17.7 Å². The zero-order valence-electron chi connectivity index (χ0n) is 25.3. The van der Waals surface area contributed by atoms with Crippen molar-refractivity contribution in [1.82, 2.24) is 10.2 Å². The second-order valence-corrected chi connectivity index (χ2v) is 11.5. The molecule has 3 unspecified atom stereocenters. The maximum absolute atomic E-state index is 14.3. The van der Waals surface area contributed by atoms with Gasteiger partial charge in [-0.2, -0.15) is 0 Å². The number of hydrogen-bond donors (Lipinski definition) is 3. The molecule has 3 aromatic carbocycles. The standard InChI is InChI=1S/C33H42N4O5/c1-7-22(3)37(31(40)27(18-19-28(34)38)36-32(41)42-33(4,5)6)29(26-15-11-8-12-21(26)2)30(39)35-25-17-16-23-13-9-10-14-24(23)20-25/h8-17,20,22,27,29H,7,18-19H2,1-6H3,(H2,34,38)(H,35,39)(H,36,41). The minimum absolute atomic E-state index is 0.0485. The van der Waals surface area contributed by atoms with Crippen LogP contribution in [0, 0.1) is 6.92 Å². The second-order valence-electron chi connectivity index (χ2n) is 11.5. The highest BCUT2D eigenvalue weighted by Crippen LogP contribution is 2.30. The number of primary amides is 1. The van der Waals surface area contributed by atoms with E-state index in [1.54, 1.807) is 20.8 Å². The van der Waals surface area contributed by atoms with Crippen molar-refractivity contribution in [2.75, 3.05) is 5.32 Å². The number of hydrogen-bond acceptors (Lipinski definition) is 5. The highest BCUT2D eigenvalue weighted by Gasteiger charge is 2.39. The van der Waals surface area contributed by atoms with E-state index in [0.717, 1.165) is 16.3 Å². The lowest BCUT2D eigenvalue weighted by Crippen LogP contribution is -2.55. The molecule has 0 aliphatic heterocycles. The third-order valence-corrected chi connectivity index (χ3v) is 7.02. The van der Waals surface area contributed by atoms with Crippen molar-refractivity contribution in [2.45, 2.75) is 84.5 Å². The number of aryl methyl sites for hydroxylation is 1. The lowest BCUT2D eigenvalue weighted by molar-refractivity contribution is -0.143. The van der Waals surface area contributed by atoms with Gasteiger partial charge in [-0.25, -0.2) is 4.79 Å². The number of anilines is 1. The number of benzene rings is 3. The highest BCUT2D eigenvalue weighted by molar-refractivity contribution is 6.00. The Morgan fingerprint density at radius 1 is 0.952 bits per heavy atom. The molecule has 3 rings (SSSR count). The van der Waals surface area contributed by atoms with Crippen molar-refractivity contribution < 1.29 is 23.9 Å². The summed E-state index contributed by atoms with van der Waals surface area (Å²) >= 11 is 0. The number of carbonyl (C=O) groups is 4. The highest BCUT2D eigenvalue weighted by atomic mass is 16.6. The van der Waals surface area contributed by atoms with Gasteiger partial charge < -0.3 is 26.0 Å². The largest absolute Gasteiger partial charge is 0.444 e. The van der Waals surface area contributed by atoms with Crippen molar-refractivity contribution in [3.8, 4) is 0 Å². The fourth-order valence-electron chi connectivity index (χ4n) is 4.76. The SMILES string of the molecule is CCC(C)N(C(=O)C(CCC(N)=O)NC(=O)OC(C)(C)C)C(C(=O)Nc1ccc2ccccc2c1)c1ccccc1C. The molecule has 3 atom stereocenters. The Hall–Kier alpha value is -4.40. The monoisotopic (exact) mass is 574 g/mol. The average molecular weight is 575 g/mol. The zero-order valence-corrected chi connectivity index (χ0v) is 25.3. The normalized spacial score (nSPS) is 13.5. The molecule has 0 fully saturated rings. The van der Waals surface area contributed by atoms with Gasteiger partial charge in [-0.3, -0.25) is 14.4 Å². The Morgan fingerprint density at radius 2 is 1.60 bits per heavy atom. The number of carbonyl (C=O) groups excluding carboxylic acids is 4. The van der Waals surface area contributed by atoms with Gasteiger partial charge in [-0.15, -0.1) is 0 Å². The molecule has 0 saturated carbocycles. The first-order valence-electron chi connectivity index (χ1n) is 14.3. The maximum atomic E-state index is 14.3. The molecular weight excluding hydrogens is 532 g/mol. The zero-order chi connectivity index (χ0) is 31.0. The first kappa shape index (κ1) is 32.1. The summed E-state index contributed by atoms with van der Waals surface area (Å²) < 4.78 is 5.40. The Bertz CT molecular complexity index is 1430. The molecule has 0 radical (unpaired) electrons. The van der Waals surface area contributed by atoms with Crippen LogP contribution in [0.5, 0.6) is 0 Å². The van der Waals surface area contributed by atoms with Crippen molar-refractivity contribution in [3.05, 3.63) is 77.9 Å². The van der Waals surface area contributed by atoms with Gasteiger partial charge in [-0.05, 0) is 81.5 Å². The van der Waals surface area contributed by atoms with Crippen molar-refractivity contribution in [2.24, 2.45) is 5.73 Å². The smallest absolute Gasteiger partial charge is 0.408 e. The van der Waals surface area contributed by atoms with Gasteiger partial charge in [0.2, 0.25) is 11.8 Å². The third kappa shape index (κ3) is 8.55. The number of alkyl carbamates (subject to hydrolysis) is 1. The van der Waals surface area contributed by atoms with Crippen LogP contribution in [0.2, 0.25) is 0 Å². The first-order chi connectivity index (χ1) is 19.8. The molecular formula is C33H42N4O5. The summed E-state index contributed by atoms with van der Waals surface area (Å²) in [7, 11) is 0. The quantitative estimate of drug-likeness (QED) is 0.274.